The Morgan fingerprint density at radius 3 is 1.47 bits per heavy atom. The molecule has 4 fully saturated rings. The maximum Gasteiger partial charge on any atom is 0.217 e. The highest BCUT2D eigenvalue weighted by molar-refractivity contribution is 5.73. The minimum Gasteiger partial charge on any atom is -0.394 e. The number of hydrogen-bond donors (Lipinski definition) is 14. The molecule has 4 heterocycles. The molecule has 0 spiro atoms. The van der Waals surface area contributed by atoms with Crippen LogP contribution in [0.4, 0.5) is 0 Å². The molecule has 296 valence electrons. The molecule has 0 aromatic carbocycles. The van der Waals surface area contributed by atoms with Crippen molar-refractivity contribution >= 4 is 11.8 Å². The first-order valence-corrected chi connectivity index (χ1v) is 16.1. The molecule has 2 amide bonds. The van der Waals surface area contributed by atoms with Gasteiger partial charge >= 0.3 is 0 Å². The lowest BCUT2D eigenvalue weighted by Crippen LogP contribution is -2.70. The summed E-state index contributed by atoms with van der Waals surface area (Å²) in [5, 5.41) is 128. The van der Waals surface area contributed by atoms with E-state index in [1.54, 1.807) is 0 Å². The Morgan fingerprint density at radius 2 is 0.961 bits per heavy atom. The summed E-state index contributed by atoms with van der Waals surface area (Å²) in [6.45, 7) is -1.02. The van der Waals surface area contributed by atoms with Crippen LogP contribution in [0.25, 0.3) is 0 Å². The average molecular weight is 749 g/mol. The maximum atomic E-state index is 12.2. The van der Waals surface area contributed by atoms with Crippen molar-refractivity contribution in [3.05, 3.63) is 0 Å². The van der Waals surface area contributed by atoms with Crippen LogP contribution in [0.15, 0.2) is 0 Å². The first kappa shape index (κ1) is 41.9. The molecule has 0 bridgehead atoms. The first-order chi connectivity index (χ1) is 24.0. The summed E-state index contributed by atoms with van der Waals surface area (Å²) in [5.74, 6) is -1.41. The molecule has 4 aliphatic rings. The standard InChI is InChI=1S/C28H48N2O21/c1-7(34)29-13-17(38)15(36)9(3-31)47-26(13)50-23-10(4-32)48-27(14(18(23)39)30-8(2)35)51-24-11(5-33)49-28(22(43)20(24)41)45-6-12-16(37)19(40)21(42)25(44)46-12/h9-28,31-33,36-44H,3-6H2,1-2H3,(H,29,34)(H,30,35)/t9-,10-,11-,12-,13-,14-,15+,16+,17-,18-,19+,20-,21-,22-,23-,24+,25-,26-,27-,28-/m1/s1. The second kappa shape index (κ2) is 18.0. The van der Waals surface area contributed by atoms with Crippen LogP contribution in [-0.4, -0.2) is 222 Å². The van der Waals surface area contributed by atoms with Crippen molar-refractivity contribution in [2.75, 3.05) is 26.4 Å². The topological polar surface area (TPSA) is 366 Å². The number of ether oxygens (including phenoxy) is 7. The van der Waals surface area contributed by atoms with Crippen LogP contribution in [0.3, 0.4) is 0 Å². The number of hydrogen-bond acceptors (Lipinski definition) is 21. The number of aliphatic hydroxyl groups is 12. The molecule has 0 aromatic heterocycles. The summed E-state index contributed by atoms with van der Waals surface area (Å²) in [7, 11) is 0. The van der Waals surface area contributed by atoms with Crippen molar-refractivity contribution in [3.8, 4) is 0 Å². The zero-order valence-electron chi connectivity index (χ0n) is 27.4. The summed E-state index contributed by atoms with van der Waals surface area (Å²) < 4.78 is 39.0. The highest BCUT2D eigenvalue weighted by Gasteiger charge is 2.54. The lowest BCUT2D eigenvalue weighted by Gasteiger charge is -2.49. The molecule has 4 saturated heterocycles. The minimum absolute atomic E-state index is 0.648. The fraction of sp³-hybridized carbons (Fsp3) is 0.929. The summed E-state index contributed by atoms with van der Waals surface area (Å²) in [6, 6.07) is -3.02. The van der Waals surface area contributed by atoms with E-state index in [0.717, 1.165) is 13.8 Å². The quantitative estimate of drug-likeness (QED) is 0.0881. The van der Waals surface area contributed by atoms with Crippen molar-refractivity contribution in [1.29, 1.82) is 0 Å². The number of amides is 2. The second-order valence-corrected chi connectivity index (χ2v) is 12.7. The zero-order chi connectivity index (χ0) is 37.9. The van der Waals surface area contributed by atoms with Gasteiger partial charge in [-0.3, -0.25) is 9.59 Å². The number of nitrogens with one attached hydrogen (secondary N) is 2. The molecular weight excluding hydrogens is 700 g/mol. The molecule has 23 nitrogen and oxygen atoms in total. The smallest absolute Gasteiger partial charge is 0.217 e. The predicted octanol–water partition coefficient (Wildman–Crippen LogP) is -9.46. The Kier molecular flexibility index (Phi) is 14.8. The van der Waals surface area contributed by atoms with E-state index in [9.17, 15) is 70.9 Å². The van der Waals surface area contributed by atoms with Gasteiger partial charge in [0.05, 0.1) is 26.4 Å². The van der Waals surface area contributed by atoms with Crippen molar-refractivity contribution in [3.63, 3.8) is 0 Å². The lowest BCUT2D eigenvalue weighted by atomic mass is 9.94. The summed E-state index contributed by atoms with van der Waals surface area (Å²) >= 11 is 0. The van der Waals surface area contributed by atoms with Crippen LogP contribution in [0.2, 0.25) is 0 Å². The maximum absolute atomic E-state index is 12.2. The van der Waals surface area contributed by atoms with Crippen molar-refractivity contribution in [2.45, 2.75) is 137 Å². The van der Waals surface area contributed by atoms with Crippen molar-refractivity contribution in [2.24, 2.45) is 0 Å². The van der Waals surface area contributed by atoms with Gasteiger partial charge in [0.1, 0.15) is 97.5 Å². The normalized spacial score (nSPS) is 47.8. The van der Waals surface area contributed by atoms with E-state index >= 15 is 0 Å². The van der Waals surface area contributed by atoms with Crippen LogP contribution < -0.4 is 10.6 Å². The Hall–Kier alpha value is -1.82. The minimum atomic E-state index is -1.94. The predicted molar refractivity (Wildman–Crippen MR) is 157 cm³/mol. The van der Waals surface area contributed by atoms with Crippen molar-refractivity contribution < 1.29 is 104 Å². The SMILES string of the molecule is CC(=O)N[C@H]1[C@@H](O[C@@H]2[C@H](O)[C@@H](O)[C@H](OC[C@H]3O[C@@H](O)[C@H](O)[C@@H](O)[C@H]3O)O[C@@H]2CO)O[C@H](CO)[C@@H](O[C@H]2O[C@H](CO)[C@H](O)[C@H](O)[C@H]2NC(C)=O)[C@@H]1O. The lowest BCUT2D eigenvalue weighted by molar-refractivity contribution is -0.364. The van der Waals surface area contributed by atoms with Gasteiger partial charge in [0.15, 0.2) is 25.2 Å². The summed E-state index contributed by atoms with van der Waals surface area (Å²) in [4.78, 5) is 24.1. The molecular formula is C28H48N2O21. The van der Waals surface area contributed by atoms with Crippen LogP contribution in [0, 0.1) is 0 Å². The van der Waals surface area contributed by atoms with Crippen molar-refractivity contribution in [1.82, 2.24) is 10.6 Å². The molecule has 0 saturated carbocycles. The summed E-state index contributed by atoms with van der Waals surface area (Å²) in [5.41, 5.74) is 0. The van der Waals surface area contributed by atoms with Crippen LogP contribution in [0.5, 0.6) is 0 Å². The van der Waals surface area contributed by atoms with Gasteiger partial charge in [-0.1, -0.05) is 0 Å². The molecule has 0 unspecified atom stereocenters. The van der Waals surface area contributed by atoms with E-state index in [1.807, 2.05) is 0 Å². The highest BCUT2D eigenvalue weighted by atomic mass is 16.8. The van der Waals surface area contributed by atoms with E-state index in [4.69, 9.17) is 33.2 Å². The molecule has 0 aliphatic carbocycles. The van der Waals surface area contributed by atoms with E-state index in [-0.39, 0.29) is 0 Å². The monoisotopic (exact) mass is 748 g/mol. The fourth-order valence-corrected chi connectivity index (χ4v) is 6.25. The van der Waals surface area contributed by atoms with E-state index in [1.165, 1.54) is 0 Å². The number of carbonyl (C=O) groups excluding carboxylic acids is 2. The molecule has 51 heavy (non-hydrogen) atoms. The van der Waals surface area contributed by atoms with E-state index in [2.05, 4.69) is 10.6 Å². The largest absolute Gasteiger partial charge is 0.394 e. The number of aliphatic hydroxyl groups excluding tert-OH is 12. The Morgan fingerprint density at radius 1 is 0.510 bits per heavy atom. The van der Waals surface area contributed by atoms with Gasteiger partial charge < -0.3 is 105 Å². The second-order valence-electron chi connectivity index (χ2n) is 12.7. The Labute approximate surface area is 289 Å². The third-order valence-electron chi connectivity index (χ3n) is 8.99. The van der Waals surface area contributed by atoms with Gasteiger partial charge in [0, 0.05) is 13.8 Å². The first-order valence-electron chi connectivity index (χ1n) is 16.1. The average Bonchev–Trinajstić information content (AvgIpc) is 3.09. The van der Waals surface area contributed by atoms with Crippen LogP contribution >= 0.6 is 0 Å². The summed E-state index contributed by atoms with van der Waals surface area (Å²) in [6.07, 6.45) is -30.6. The van der Waals surface area contributed by atoms with Gasteiger partial charge in [0.25, 0.3) is 0 Å². The zero-order valence-corrected chi connectivity index (χ0v) is 27.4. The van der Waals surface area contributed by atoms with Gasteiger partial charge in [-0.2, -0.15) is 0 Å². The van der Waals surface area contributed by atoms with Gasteiger partial charge in [0.2, 0.25) is 11.8 Å². The third kappa shape index (κ3) is 9.29. The van der Waals surface area contributed by atoms with E-state index < -0.39 is 161 Å². The number of carbonyl (C=O) groups is 2. The van der Waals surface area contributed by atoms with Gasteiger partial charge in [-0.25, -0.2) is 0 Å². The molecule has 20 atom stereocenters. The van der Waals surface area contributed by atoms with Gasteiger partial charge in [-0.05, 0) is 0 Å². The molecule has 4 aliphatic heterocycles. The Balaban J connectivity index is 1.49. The van der Waals surface area contributed by atoms with Crippen LogP contribution in [0.1, 0.15) is 13.8 Å². The van der Waals surface area contributed by atoms with E-state index in [0.29, 0.717) is 0 Å². The molecule has 14 N–H and O–H groups in total. The molecule has 4 rings (SSSR count). The molecule has 0 aromatic rings. The molecule has 0 radical (unpaired) electrons. The number of rotatable bonds is 12. The highest BCUT2D eigenvalue weighted by Crippen LogP contribution is 2.33. The van der Waals surface area contributed by atoms with Crippen LogP contribution in [-0.2, 0) is 42.7 Å². The van der Waals surface area contributed by atoms with Gasteiger partial charge in [-0.15, -0.1) is 0 Å². The molecule has 23 heteroatoms. The fourth-order valence-electron chi connectivity index (χ4n) is 6.25. The Bertz CT molecular complexity index is 1140. The third-order valence-corrected chi connectivity index (χ3v) is 8.99.